The van der Waals surface area contributed by atoms with E-state index in [2.05, 4.69) is 0 Å². The van der Waals surface area contributed by atoms with Gasteiger partial charge in [-0.05, 0) is 43.5 Å². The fourth-order valence-corrected chi connectivity index (χ4v) is 2.83. The van der Waals surface area contributed by atoms with Crippen LogP contribution in [0.4, 0.5) is 0 Å². The van der Waals surface area contributed by atoms with Crippen LogP contribution < -0.4 is 0 Å². The molecule has 0 heterocycles. The van der Waals surface area contributed by atoms with Crippen molar-refractivity contribution in [2.45, 2.75) is 55.1 Å². The van der Waals surface area contributed by atoms with Crippen LogP contribution in [-0.4, -0.2) is 48.4 Å². The molecule has 2 atom stereocenters. The Balaban J connectivity index is 0.000000407. The van der Waals surface area contributed by atoms with Gasteiger partial charge < -0.3 is 10.2 Å². The third kappa shape index (κ3) is 13.1. The summed E-state index contributed by atoms with van der Waals surface area (Å²) in [6, 6.07) is 14.8. The first-order chi connectivity index (χ1) is 13.4. The van der Waals surface area contributed by atoms with E-state index in [-0.39, 0.29) is 22.0 Å². The topological polar surface area (TPSA) is 149 Å². The molecular weight excluding hydrogens is 420 g/mol. The summed E-state index contributed by atoms with van der Waals surface area (Å²) in [5.74, 6) is 0. The highest BCUT2D eigenvalue weighted by molar-refractivity contribution is 7.86. The Kier molecular flexibility index (Phi) is 12.6. The molecule has 164 valence electrons. The summed E-state index contributed by atoms with van der Waals surface area (Å²) in [5, 5.41) is 18.0. The molecule has 0 aromatic heterocycles. The minimum absolute atomic E-state index is 0.0741. The predicted octanol–water partition coefficient (Wildman–Crippen LogP) is 2.78. The third-order valence-corrected chi connectivity index (χ3v) is 5.30. The molecule has 0 aliphatic rings. The average molecular weight is 449 g/mol. The third-order valence-electron chi connectivity index (χ3n) is 3.57. The van der Waals surface area contributed by atoms with Gasteiger partial charge in [0.05, 0.1) is 22.0 Å². The van der Waals surface area contributed by atoms with Crippen LogP contribution >= 0.6 is 0 Å². The van der Waals surface area contributed by atoms with E-state index in [1.165, 1.54) is 24.3 Å². The van der Waals surface area contributed by atoms with Crippen LogP contribution in [0.1, 0.15) is 33.1 Å². The van der Waals surface area contributed by atoms with Gasteiger partial charge in [-0.3, -0.25) is 9.11 Å². The average Bonchev–Trinajstić information content (AvgIpc) is 2.69. The first-order valence-electron chi connectivity index (χ1n) is 8.83. The maximum absolute atomic E-state index is 10.4. The summed E-state index contributed by atoms with van der Waals surface area (Å²) in [4.78, 5) is -0.148. The Morgan fingerprint density at radius 2 is 0.931 bits per heavy atom. The van der Waals surface area contributed by atoms with Crippen molar-refractivity contribution in [3.8, 4) is 0 Å². The Morgan fingerprint density at radius 1 is 0.655 bits per heavy atom. The van der Waals surface area contributed by atoms with Crippen LogP contribution in [0.15, 0.2) is 70.5 Å². The van der Waals surface area contributed by atoms with Crippen LogP contribution in [0.2, 0.25) is 0 Å². The Bertz CT molecular complexity index is 807. The smallest absolute Gasteiger partial charge is 0.294 e. The van der Waals surface area contributed by atoms with Crippen molar-refractivity contribution < 1.29 is 36.2 Å². The summed E-state index contributed by atoms with van der Waals surface area (Å²) in [6.07, 6.45) is 1.35. The van der Waals surface area contributed by atoms with Crippen molar-refractivity contribution in [3.05, 3.63) is 60.7 Å². The van der Waals surface area contributed by atoms with Crippen molar-refractivity contribution in [2.75, 3.05) is 0 Å². The first kappa shape index (κ1) is 27.2. The molecule has 2 unspecified atom stereocenters. The maximum atomic E-state index is 10.4. The van der Waals surface area contributed by atoms with Gasteiger partial charge in [-0.25, -0.2) is 0 Å². The minimum Gasteiger partial charge on any atom is -0.393 e. The number of hydrogen-bond acceptors (Lipinski definition) is 6. The number of hydrogen-bond donors (Lipinski definition) is 4. The summed E-state index contributed by atoms with van der Waals surface area (Å²) in [7, 11) is -8.01. The molecule has 10 heteroatoms. The lowest BCUT2D eigenvalue weighted by atomic mass is 10.1. The van der Waals surface area contributed by atoms with E-state index in [1.807, 2.05) is 13.8 Å². The highest BCUT2D eigenvalue weighted by atomic mass is 32.2. The Morgan fingerprint density at radius 3 is 1.10 bits per heavy atom. The van der Waals surface area contributed by atoms with E-state index < -0.39 is 20.2 Å². The van der Waals surface area contributed by atoms with E-state index in [9.17, 15) is 16.8 Å². The van der Waals surface area contributed by atoms with E-state index in [0.717, 1.165) is 12.8 Å². The first-order valence-corrected chi connectivity index (χ1v) is 11.7. The highest BCUT2D eigenvalue weighted by Crippen LogP contribution is 2.06. The lowest BCUT2D eigenvalue weighted by Gasteiger charge is -2.11. The number of benzene rings is 2. The van der Waals surface area contributed by atoms with Crippen LogP contribution in [0.25, 0.3) is 0 Å². The van der Waals surface area contributed by atoms with Crippen LogP contribution in [0, 0.1) is 0 Å². The molecule has 0 aliphatic carbocycles. The summed E-state index contributed by atoms with van der Waals surface area (Å²) < 4.78 is 58.5. The molecule has 0 spiro atoms. The molecule has 0 fully saturated rings. The fraction of sp³-hybridized carbons (Fsp3) is 0.368. The van der Waals surface area contributed by atoms with Gasteiger partial charge in [0, 0.05) is 0 Å². The Hall–Kier alpha value is -1.82. The summed E-state index contributed by atoms with van der Waals surface area (Å²) in [6.45, 7) is 3.82. The molecule has 4 N–H and O–H groups in total. The van der Waals surface area contributed by atoms with Crippen molar-refractivity contribution >= 4 is 20.2 Å². The number of rotatable bonds is 6. The second-order valence-corrected chi connectivity index (χ2v) is 8.78. The van der Waals surface area contributed by atoms with Gasteiger partial charge in [-0.15, -0.1) is 0 Å². The van der Waals surface area contributed by atoms with Gasteiger partial charge in [0.1, 0.15) is 0 Å². The lowest BCUT2D eigenvalue weighted by Crippen LogP contribution is -2.15. The largest absolute Gasteiger partial charge is 0.393 e. The van der Waals surface area contributed by atoms with Crippen molar-refractivity contribution in [3.63, 3.8) is 0 Å². The quantitative estimate of drug-likeness (QED) is 0.493. The van der Waals surface area contributed by atoms with E-state index in [1.54, 1.807) is 36.4 Å². The number of aliphatic hydroxyl groups is 2. The molecule has 0 saturated carbocycles. The molecule has 2 rings (SSSR count). The molecule has 0 amide bonds. The normalized spacial score (nSPS) is 13.2. The van der Waals surface area contributed by atoms with Gasteiger partial charge in [0.25, 0.3) is 20.2 Å². The molecule has 2 aromatic rings. The zero-order valence-electron chi connectivity index (χ0n) is 16.3. The molecule has 0 saturated heterocycles. The molecule has 2 aromatic carbocycles. The fourth-order valence-electron chi connectivity index (χ4n) is 1.83. The van der Waals surface area contributed by atoms with Gasteiger partial charge in [-0.1, -0.05) is 50.2 Å². The van der Waals surface area contributed by atoms with Crippen molar-refractivity contribution in [1.29, 1.82) is 0 Å². The number of aliphatic hydroxyl groups excluding tert-OH is 2. The molecule has 29 heavy (non-hydrogen) atoms. The van der Waals surface area contributed by atoms with Crippen LogP contribution in [0.3, 0.4) is 0 Å². The summed E-state index contributed by atoms with van der Waals surface area (Å²) >= 11 is 0. The predicted molar refractivity (Wildman–Crippen MR) is 110 cm³/mol. The van der Waals surface area contributed by atoms with E-state index >= 15 is 0 Å². The monoisotopic (exact) mass is 448 g/mol. The van der Waals surface area contributed by atoms with Crippen molar-refractivity contribution in [1.82, 2.24) is 0 Å². The SMILES string of the molecule is CCC(O)CC(O)CC.O=S(=O)(O)c1ccccc1.O=S(=O)(O)c1ccccc1. The summed E-state index contributed by atoms with van der Waals surface area (Å²) in [5.41, 5.74) is 0. The molecule has 0 bridgehead atoms. The van der Waals surface area contributed by atoms with Gasteiger partial charge in [0.2, 0.25) is 0 Å². The van der Waals surface area contributed by atoms with Crippen LogP contribution in [0.5, 0.6) is 0 Å². The van der Waals surface area contributed by atoms with Gasteiger partial charge >= 0.3 is 0 Å². The van der Waals surface area contributed by atoms with E-state index in [4.69, 9.17) is 19.3 Å². The highest BCUT2D eigenvalue weighted by Gasteiger charge is 2.07. The maximum Gasteiger partial charge on any atom is 0.294 e. The lowest BCUT2D eigenvalue weighted by molar-refractivity contribution is 0.0765. The molecule has 0 radical (unpaired) electrons. The zero-order chi connectivity index (χ0) is 22.5. The molecular formula is C19H28O8S2. The van der Waals surface area contributed by atoms with Crippen molar-refractivity contribution in [2.24, 2.45) is 0 Å². The van der Waals surface area contributed by atoms with Gasteiger partial charge in [-0.2, -0.15) is 16.8 Å². The molecule has 8 nitrogen and oxygen atoms in total. The van der Waals surface area contributed by atoms with E-state index in [0.29, 0.717) is 6.42 Å². The minimum atomic E-state index is -4.00. The van der Waals surface area contributed by atoms with Crippen LogP contribution in [-0.2, 0) is 20.2 Å². The second-order valence-electron chi connectivity index (χ2n) is 5.94. The van der Waals surface area contributed by atoms with Gasteiger partial charge in [0.15, 0.2) is 0 Å². The zero-order valence-corrected chi connectivity index (χ0v) is 17.9. The standard InChI is InChI=1S/C7H16O2.2C6H6O3S/c1-3-6(8)5-7(9)4-2;2*7-10(8,9)6-4-2-1-3-5-6/h6-9H,3-5H2,1-2H3;2*1-5H,(H,7,8,9). The second kappa shape index (κ2) is 13.4. The molecule has 0 aliphatic heterocycles. The Labute approximate surface area is 172 Å².